The van der Waals surface area contributed by atoms with Gasteiger partial charge in [-0.25, -0.2) is 0 Å². The minimum absolute atomic E-state index is 0.202. The third kappa shape index (κ3) is 1.70. The van der Waals surface area contributed by atoms with Crippen molar-refractivity contribution in [1.29, 1.82) is 0 Å². The molecule has 1 aromatic rings. The van der Waals surface area contributed by atoms with Crippen LogP contribution in [0.3, 0.4) is 0 Å². The summed E-state index contributed by atoms with van der Waals surface area (Å²) in [6.45, 7) is 1.77. The molecule has 11 heavy (non-hydrogen) atoms. The first-order valence-electron chi connectivity index (χ1n) is 3.03. The van der Waals surface area contributed by atoms with Gasteiger partial charge in [-0.3, -0.25) is 9.78 Å². The fraction of sp³-hybridized carbons (Fsp3) is 0.333. The van der Waals surface area contributed by atoms with Gasteiger partial charge < -0.3 is 4.98 Å². The van der Waals surface area contributed by atoms with Crippen molar-refractivity contribution in [3.05, 3.63) is 26.4 Å². The summed E-state index contributed by atoms with van der Waals surface area (Å²) in [7, 11) is 0. The van der Waals surface area contributed by atoms with Crippen LogP contribution < -0.4 is 5.56 Å². The summed E-state index contributed by atoms with van der Waals surface area (Å²) >= 11 is 10.3. The van der Waals surface area contributed by atoms with Crippen molar-refractivity contribution in [2.75, 3.05) is 0 Å². The molecule has 0 amide bonds. The Bertz CT molecular complexity index is 368. The minimum atomic E-state index is -0.207. The molecule has 0 aliphatic heterocycles. The Labute approximate surface area is 73.4 Å². The molecule has 0 aliphatic rings. The van der Waals surface area contributed by atoms with Crippen molar-refractivity contribution in [1.82, 2.24) is 9.97 Å². The number of hydrogen-bond donors (Lipinski definition) is 2. The first-order chi connectivity index (χ1) is 5.15. The van der Waals surface area contributed by atoms with Crippen LogP contribution >= 0.6 is 23.8 Å². The predicted molar refractivity (Wildman–Crippen MR) is 46.5 cm³/mol. The molecule has 0 aliphatic carbocycles. The maximum absolute atomic E-state index is 11.1. The third-order valence-electron chi connectivity index (χ3n) is 1.39. The summed E-state index contributed by atoms with van der Waals surface area (Å²) < 4.78 is 0.335. The molecule has 0 radical (unpaired) electrons. The van der Waals surface area contributed by atoms with E-state index in [0.29, 0.717) is 10.3 Å². The highest BCUT2D eigenvalue weighted by molar-refractivity contribution is 7.71. The van der Waals surface area contributed by atoms with Gasteiger partial charge in [0, 0.05) is 5.69 Å². The Morgan fingerprint density at radius 2 is 2.18 bits per heavy atom. The number of H-pyrrole nitrogens is 2. The zero-order chi connectivity index (χ0) is 8.43. The largest absolute Gasteiger partial charge is 0.336 e. The van der Waals surface area contributed by atoms with Gasteiger partial charge in [-0.2, -0.15) is 0 Å². The Morgan fingerprint density at radius 1 is 1.55 bits per heavy atom. The van der Waals surface area contributed by atoms with E-state index >= 15 is 0 Å². The van der Waals surface area contributed by atoms with E-state index < -0.39 is 0 Å². The lowest BCUT2D eigenvalue weighted by molar-refractivity contribution is 0.991. The second-order valence-electron chi connectivity index (χ2n) is 2.15. The van der Waals surface area contributed by atoms with Crippen molar-refractivity contribution >= 4 is 23.8 Å². The third-order valence-corrected chi connectivity index (χ3v) is 1.86. The maximum Gasteiger partial charge on any atom is 0.256 e. The zero-order valence-electron chi connectivity index (χ0n) is 5.90. The highest BCUT2D eigenvalue weighted by atomic mass is 35.5. The quantitative estimate of drug-likeness (QED) is 0.521. The highest BCUT2D eigenvalue weighted by Gasteiger charge is 2.01. The van der Waals surface area contributed by atoms with Crippen molar-refractivity contribution in [2.24, 2.45) is 0 Å². The van der Waals surface area contributed by atoms with Crippen LogP contribution in [0.25, 0.3) is 0 Å². The maximum atomic E-state index is 11.1. The number of aromatic amines is 2. The lowest BCUT2D eigenvalue weighted by atomic mass is 10.3. The van der Waals surface area contributed by atoms with Gasteiger partial charge in [0.15, 0.2) is 4.77 Å². The van der Waals surface area contributed by atoms with E-state index in [9.17, 15) is 4.79 Å². The van der Waals surface area contributed by atoms with Crippen molar-refractivity contribution in [3.63, 3.8) is 0 Å². The molecule has 0 saturated heterocycles. The molecule has 5 heteroatoms. The molecular formula is C6H7ClN2OS. The Hall–Kier alpha value is -0.610. The molecule has 0 aromatic carbocycles. The first kappa shape index (κ1) is 8.49. The normalized spacial score (nSPS) is 10.0. The molecule has 60 valence electrons. The molecule has 0 bridgehead atoms. The van der Waals surface area contributed by atoms with E-state index in [1.165, 1.54) is 0 Å². The predicted octanol–water partition coefficient (Wildman–Crippen LogP) is 1.48. The second kappa shape index (κ2) is 3.19. The molecule has 0 atom stereocenters. The number of rotatable bonds is 1. The molecule has 0 spiro atoms. The van der Waals surface area contributed by atoms with Gasteiger partial charge in [-0.05, 0) is 19.1 Å². The van der Waals surface area contributed by atoms with Gasteiger partial charge in [-0.1, -0.05) is 0 Å². The molecule has 1 rings (SSSR count). The lowest BCUT2D eigenvalue weighted by Gasteiger charge is -1.98. The fourth-order valence-electron chi connectivity index (χ4n) is 0.787. The van der Waals surface area contributed by atoms with Crippen molar-refractivity contribution < 1.29 is 0 Å². The first-order valence-corrected chi connectivity index (χ1v) is 3.97. The summed E-state index contributed by atoms with van der Waals surface area (Å²) in [6, 6.07) is 0. The average Bonchev–Trinajstić information content (AvgIpc) is 1.85. The van der Waals surface area contributed by atoms with Crippen molar-refractivity contribution in [3.8, 4) is 0 Å². The number of halogens is 1. The molecule has 0 unspecified atom stereocenters. The van der Waals surface area contributed by atoms with Crippen LogP contribution in [0.4, 0.5) is 0 Å². The lowest BCUT2D eigenvalue weighted by Crippen LogP contribution is -2.14. The Kier molecular flexibility index (Phi) is 2.46. The molecular weight excluding hydrogens is 184 g/mol. The van der Waals surface area contributed by atoms with E-state index in [4.69, 9.17) is 23.8 Å². The smallest absolute Gasteiger partial charge is 0.256 e. The van der Waals surface area contributed by atoms with Crippen LogP contribution in [0.1, 0.15) is 11.3 Å². The van der Waals surface area contributed by atoms with E-state index in [-0.39, 0.29) is 11.4 Å². The molecule has 2 N–H and O–H groups in total. The topological polar surface area (TPSA) is 48.6 Å². The van der Waals surface area contributed by atoms with Crippen LogP contribution in [0.2, 0.25) is 0 Å². The van der Waals surface area contributed by atoms with E-state index in [2.05, 4.69) is 9.97 Å². The van der Waals surface area contributed by atoms with Crippen LogP contribution in [-0.2, 0) is 5.88 Å². The van der Waals surface area contributed by atoms with Crippen LogP contribution in [0.15, 0.2) is 4.79 Å². The minimum Gasteiger partial charge on any atom is -0.336 e. The van der Waals surface area contributed by atoms with Gasteiger partial charge in [0.25, 0.3) is 5.56 Å². The molecule has 3 nitrogen and oxygen atoms in total. The summed E-state index contributed by atoms with van der Waals surface area (Å²) in [5, 5.41) is 0. The van der Waals surface area contributed by atoms with E-state index in [1.54, 1.807) is 6.92 Å². The van der Waals surface area contributed by atoms with E-state index in [0.717, 1.165) is 5.69 Å². The zero-order valence-corrected chi connectivity index (χ0v) is 7.47. The molecule has 0 saturated carbocycles. The van der Waals surface area contributed by atoms with Gasteiger partial charge in [0.1, 0.15) is 0 Å². The summed E-state index contributed by atoms with van der Waals surface area (Å²) in [4.78, 5) is 16.3. The summed E-state index contributed by atoms with van der Waals surface area (Å²) in [5.41, 5.74) is 1.07. The average molecular weight is 191 g/mol. The van der Waals surface area contributed by atoms with E-state index in [1.807, 2.05) is 0 Å². The van der Waals surface area contributed by atoms with Crippen molar-refractivity contribution in [2.45, 2.75) is 12.8 Å². The number of aryl methyl sites for hydroxylation is 1. The van der Waals surface area contributed by atoms with Gasteiger partial charge in [-0.15, -0.1) is 11.6 Å². The van der Waals surface area contributed by atoms with Crippen LogP contribution in [0, 0.1) is 11.7 Å². The summed E-state index contributed by atoms with van der Waals surface area (Å²) in [5.74, 6) is 0.202. The highest BCUT2D eigenvalue weighted by Crippen LogP contribution is 2.00. The Morgan fingerprint density at radius 3 is 2.64 bits per heavy atom. The molecule has 0 fully saturated rings. The second-order valence-corrected chi connectivity index (χ2v) is 2.82. The fourth-order valence-corrected chi connectivity index (χ4v) is 1.35. The monoisotopic (exact) mass is 190 g/mol. The summed E-state index contributed by atoms with van der Waals surface area (Å²) in [6.07, 6.45) is 0. The number of hydrogen-bond acceptors (Lipinski definition) is 2. The van der Waals surface area contributed by atoms with Gasteiger partial charge in [0.05, 0.1) is 11.4 Å². The number of alkyl halides is 1. The SMILES string of the molecule is Cc1[nH]c(=S)[nH]c(=O)c1CCl. The van der Waals surface area contributed by atoms with Crippen LogP contribution in [-0.4, -0.2) is 9.97 Å². The van der Waals surface area contributed by atoms with Crippen LogP contribution in [0.5, 0.6) is 0 Å². The molecule has 1 heterocycles. The van der Waals surface area contributed by atoms with Gasteiger partial charge >= 0.3 is 0 Å². The van der Waals surface area contributed by atoms with Gasteiger partial charge in [0.2, 0.25) is 0 Å². The Balaban J connectivity index is 3.49. The number of nitrogens with one attached hydrogen (secondary N) is 2. The molecule has 1 aromatic heterocycles. The standard InChI is InChI=1S/C6H7ClN2OS/c1-3-4(2-7)5(10)9-6(11)8-3/h2H2,1H3,(H2,8,9,10,11). The number of aromatic nitrogens is 2.